The largest absolute Gasteiger partial charge is 0.315 e. The van der Waals surface area contributed by atoms with Crippen LogP contribution in [0.2, 0.25) is 0 Å². The van der Waals surface area contributed by atoms with Gasteiger partial charge in [0.1, 0.15) is 0 Å². The van der Waals surface area contributed by atoms with Crippen LogP contribution in [-0.4, -0.2) is 37.1 Å². The van der Waals surface area contributed by atoms with Crippen molar-refractivity contribution in [2.45, 2.75) is 58.9 Å². The number of hydrogen-bond acceptors (Lipinski definition) is 2. The molecule has 1 aliphatic heterocycles. The minimum absolute atomic E-state index is 0.800. The molecule has 1 N–H and O–H groups in total. The molecule has 2 nitrogen and oxygen atoms in total. The Morgan fingerprint density at radius 2 is 2.00 bits per heavy atom. The van der Waals surface area contributed by atoms with Crippen LogP contribution < -0.4 is 5.32 Å². The van der Waals surface area contributed by atoms with Crippen molar-refractivity contribution in [1.29, 1.82) is 0 Å². The van der Waals surface area contributed by atoms with Gasteiger partial charge in [0.25, 0.3) is 0 Å². The van der Waals surface area contributed by atoms with Crippen LogP contribution in [-0.2, 0) is 0 Å². The van der Waals surface area contributed by atoms with Gasteiger partial charge in [0, 0.05) is 19.1 Å². The summed E-state index contributed by atoms with van der Waals surface area (Å²) in [4.78, 5) is 2.66. The van der Waals surface area contributed by atoms with Crippen molar-refractivity contribution in [2.75, 3.05) is 26.2 Å². The Morgan fingerprint density at radius 3 is 2.75 bits per heavy atom. The van der Waals surface area contributed by atoms with Gasteiger partial charge in [-0.3, -0.25) is 4.90 Å². The minimum atomic E-state index is 0.800. The molecule has 0 spiro atoms. The van der Waals surface area contributed by atoms with Gasteiger partial charge in [-0.1, -0.05) is 26.7 Å². The van der Waals surface area contributed by atoms with Gasteiger partial charge >= 0.3 is 0 Å². The molecule has 0 saturated carbocycles. The minimum Gasteiger partial charge on any atom is -0.315 e. The van der Waals surface area contributed by atoms with Crippen molar-refractivity contribution >= 4 is 0 Å². The molecule has 1 rings (SSSR count). The number of nitrogens with zero attached hydrogens (tertiary/aromatic N) is 1. The Kier molecular flexibility index (Phi) is 7.06. The first-order valence-electron chi connectivity index (χ1n) is 7.15. The van der Waals surface area contributed by atoms with Crippen LogP contribution in [0.1, 0.15) is 52.9 Å². The van der Waals surface area contributed by atoms with Gasteiger partial charge < -0.3 is 5.32 Å². The third-order valence-electron chi connectivity index (χ3n) is 3.66. The fourth-order valence-corrected chi connectivity index (χ4v) is 2.40. The van der Waals surface area contributed by atoms with Crippen molar-refractivity contribution in [3.05, 3.63) is 0 Å². The summed E-state index contributed by atoms with van der Waals surface area (Å²) >= 11 is 0. The predicted octanol–water partition coefficient (Wildman–Crippen LogP) is 2.89. The normalized spacial score (nSPS) is 23.6. The SMILES string of the molecule is CC(C)CCNCCN1CCCCCC1C. The summed E-state index contributed by atoms with van der Waals surface area (Å²) in [5, 5.41) is 3.56. The maximum atomic E-state index is 3.56. The lowest BCUT2D eigenvalue weighted by molar-refractivity contribution is 0.214. The average Bonchev–Trinajstić information content (AvgIpc) is 2.43. The molecule has 0 bridgehead atoms. The maximum absolute atomic E-state index is 3.56. The summed E-state index contributed by atoms with van der Waals surface area (Å²) in [6.45, 7) is 11.9. The Hall–Kier alpha value is -0.0800. The van der Waals surface area contributed by atoms with E-state index >= 15 is 0 Å². The lowest BCUT2D eigenvalue weighted by Crippen LogP contribution is -2.38. The van der Waals surface area contributed by atoms with E-state index in [1.54, 1.807) is 0 Å². The molecule has 1 saturated heterocycles. The van der Waals surface area contributed by atoms with E-state index in [-0.39, 0.29) is 0 Å². The number of nitrogens with one attached hydrogen (secondary N) is 1. The van der Waals surface area contributed by atoms with Crippen LogP contribution in [0, 0.1) is 5.92 Å². The molecule has 0 aliphatic carbocycles. The van der Waals surface area contributed by atoms with E-state index in [0.29, 0.717) is 0 Å². The summed E-state index contributed by atoms with van der Waals surface area (Å²) in [7, 11) is 0. The fraction of sp³-hybridized carbons (Fsp3) is 1.00. The van der Waals surface area contributed by atoms with Crippen molar-refractivity contribution in [3.63, 3.8) is 0 Å². The Labute approximate surface area is 102 Å². The molecule has 0 aromatic heterocycles. The molecule has 0 aromatic carbocycles. The molecular weight excluding hydrogens is 196 g/mol. The van der Waals surface area contributed by atoms with Crippen molar-refractivity contribution in [2.24, 2.45) is 5.92 Å². The zero-order valence-corrected chi connectivity index (χ0v) is 11.5. The lowest BCUT2D eigenvalue weighted by Gasteiger charge is -2.26. The van der Waals surface area contributed by atoms with E-state index in [4.69, 9.17) is 0 Å². The quantitative estimate of drug-likeness (QED) is 0.701. The molecule has 0 radical (unpaired) electrons. The van der Waals surface area contributed by atoms with Crippen LogP contribution in [0.4, 0.5) is 0 Å². The van der Waals surface area contributed by atoms with Crippen LogP contribution in [0.3, 0.4) is 0 Å². The monoisotopic (exact) mass is 226 g/mol. The van der Waals surface area contributed by atoms with Crippen molar-refractivity contribution < 1.29 is 0 Å². The van der Waals surface area contributed by atoms with E-state index in [9.17, 15) is 0 Å². The molecule has 0 amide bonds. The number of rotatable bonds is 6. The zero-order valence-electron chi connectivity index (χ0n) is 11.5. The second-order valence-corrected chi connectivity index (χ2v) is 5.67. The highest BCUT2D eigenvalue weighted by Gasteiger charge is 2.15. The standard InChI is InChI=1S/C14H30N2/c1-13(2)8-9-15-10-12-16-11-6-4-5-7-14(16)3/h13-15H,4-12H2,1-3H3. The van der Waals surface area contributed by atoms with Gasteiger partial charge in [-0.15, -0.1) is 0 Å². The third kappa shape index (κ3) is 5.86. The van der Waals surface area contributed by atoms with E-state index in [2.05, 4.69) is 31.0 Å². The fourth-order valence-electron chi connectivity index (χ4n) is 2.40. The van der Waals surface area contributed by atoms with Crippen LogP contribution in [0.15, 0.2) is 0 Å². The Bertz CT molecular complexity index is 168. The summed E-state index contributed by atoms with van der Waals surface area (Å²) in [6.07, 6.45) is 6.96. The third-order valence-corrected chi connectivity index (χ3v) is 3.66. The first-order chi connectivity index (χ1) is 7.70. The van der Waals surface area contributed by atoms with E-state index in [0.717, 1.165) is 18.5 Å². The molecular formula is C14H30N2. The van der Waals surface area contributed by atoms with Gasteiger partial charge in [0.15, 0.2) is 0 Å². The highest BCUT2D eigenvalue weighted by molar-refractivity contribution is 4.72. The van der Waals surface area contributed by atoms with Crippen LogP contribution >= 0.6 is 0 Å². The first-order valence-corrected chi connectivity index (χ1v) is 7.15. The molecule has 16 heavy (non-hydrogen) atoms. The summed E-state index contributed by atoms with van der Waals surface area (Å²) in [5.41, 5.74) is 0. The predicted molar refractivity (Wildman–Crippen MR) is 71.8 cm³/mol. The lowest BCUT2D eigenvalue weighted by atomic mass is 10.1. The van der Waals surface area contributed by atoms with Crippen molar-refractivity contribution in [3.8, 4) is 0 Å². The average molecular weight is 226 g/mol. The van der Waals surface area contributed by atoms with Gasteiger partial charge in [-0.25, -0.2) is 0 Å². The molecule has 1 heterocycles. The summed E-state index contributed by atoms with van der Waals surface area (Å²) in [5.74, 6) is 0.824. The molecule has 0 aromatic rings. The first kappa shape index (κ1) is 14.0. The molecule has 2 heteroatoms. The van der Waals surface area contributed by atoms with E-state index < -0.39 is 0 Å². The Morgan fingerprint density at radius 1 is 1.19 bits per heavy atom. The van der Waals surface area contributed by atoms with Gasteiger partial charge in [-0.2, -0.15) is 0 Å². The second kappa shape index (κ2) is 8.08. The number of likely N-dealkylation sites (tertiary alicyclic amines) is 1. The zero-order chi connectivity index (χ0) is 11.8. The molecule has 1 fully saturated rings. The maximum Gasteiger partial charge on any atom is 0.0110 e. The van der Waals surface area contributed by atoms with Crippen LogP contribution in [0.5, 0.6) is 0 Å². The van der Waals surface area contributed by atoms with E-state index in [1.807, 2.05) is 0 Å². The summed E-state index contributed by atoms with van der Waals surface area (Å²) in [6, 6.07) is 0.800. The van der Waals surface area contributed by atoms with Gasteiger partial charge in [-0.05, 0) is 45.2 Å². The van der Waals surface area contributed by atoms with Crippen molar-refractivity contribution in [1.82, 2.24) is 10.2 Å². The number of hydrogen-bond donors (Lipinski definition) is 1. The molecule has 1 atom stereocenters. The highest BCUT2D eigenvalue weighted by atomic mass is 15.2. The Balaban J connectivity index is 2.06. The molecule has 96 valence electrons. The summed E-state index contributed by atoms with van der Waals surface area (Å²) < 4.78 is 0. The molecule has 1 unspecified atom stereocenters. The molecule has 1 aliphatic rings. The topological polar surface area (TPSA) is 15.3 Å². The second-order valence-electron chi connectivity index (χ2n) is 5.67. The van der Waals surface area contributed by atoms with Crippen LogP contribution in [0.25, 0.3) is 0 Å². The smallest absolute Gasteiger partial charge is 0.0110 e. The van der Waals surface area contributed by atoms with Gasteiger partial charge in [0.2, 0.25) is 0 Å². The van der Waals surface area contributed by atoms with E-state index in [1.165, 1.54) is 51.7 Å². The van der Waals surface area contributed by atoms with Gasteiger partial charge in [0.05, 0.1) is 0 Å². The highest BCUT2D eigenvalue weighted by Crippen LogP contribution is 2.15.